The van der Waals surface area contributed by atoms with Gasteiger partial charge in [0.05, 0.1) is 13.2 Å². The van der Waals surface area contributed by atoms with Gasteiger partial charge in [-0.25, -0.2) is 0 Å². The van der Waals surface area contributed by atoms with Crippen molar-refractivity contribution in [3.05, 3.63) is 35.9 Å². The summed E-state index contributed by atoms with van der Waals surface area (Å²) in [6.45, 7) is 2.88. The van der Waals surface area contributed by atoms with Crippen LogP contribution in [-0.2, 0) is 6.42 Å². The van der Waals surface area contributed by atoms with E-state index in [-0.39, 0.29) is 25.3 Å². The highest BCUT2D eigenvalue weighted by Gasteiger charge is 2.26. The molecule has 1 aliphatic heterocycles. The van der Waals surface area contributed by atoms with Crippen LogP contribution in [0.25, 0.3) is 0 Å². The summed E-state index contributed by atoms with van der Waals surface area (Å²) in [5.41, 5.74) is 1.36. The molecule has 106 valence electrons. The Morgan fingerprint density at radius 3 is 2.63 bits per heavy atom. The summed E-state index contributed by atoms with van der Waals surface area (Å²) in [6, 6.07) is 10.8. The molecule has 0 aliphatic carbocycles. The zero-order valence-corrected chi connectivity index (χ0v) is 11.3. The van der Waals surface area contributed by atoms with Crippen LogP contribution in [0, 0.1) is 0 Å². The van der Waals surface area contributed by atoms with Crippen molar-refractivity contribution < 1.29 is 10.2 Å². The van der Waals surface area contributed by atoms with Crippen LogP contribution in [0.15, 0.2) is 30.3 Å². The minimum Gasteiger partial charge on any atom is -0.395 e. The molecule has 1 saturated heterocycles. The van der Waals surface area contributed by atoms with Crippen LogP contribution in [0.5, 0.6) is 0 Å². The molecule has 2 rings (SSSR count). The average molecular weight is 264 g/mol. The zero-order valence-electron chi connectivity index (χ0n) is 11.3. The number of aryl methyl sites for hydroxylation is 1. The first kappa shape index (κ1) is 14.5. The van der Waals surface area contributed by atoms with Gasteiger partial charge in [-0.15, -0.1) is 0 Å². The van der Waals surface area contributed by atoms with Crippen molar-refractivity contribution in [1.82, 2.24) is 10.2 Å². The number of nitrogens with one attached hydrogen (secondary N) is 1. The number of aliphatic hydroxyl groups excluding tert-OH is 2. The Hall–Kier alpha value is -0.940. The van der Waals surface area contributed by atoms with E-state index >= 15 is 0 Å². The van der Waals surface area contributed by atoms with Gasteiger partial charge in [-0.1, -0.05) is 30.3 Å². The molecule has 1 fully saturated rings. The predicted molar refractivity (Wildman–Crippen MR) is 76.1 cm³/mol. The predicted octanol–water partition coefficient (Wildman–Crippen LogP) is 0.246. The van der Waals surface area contributed by atoms with Crippen LogP contribution in [-0.4, -0.2) is 60.0 Å². The van der Waals surface area contributed by atoms with E-state index in [4.69, 9.17) is 0 Å². The maximum atomic E-state index is 9.39. The highest BCUT2D eigenvalue weighted by Crippen LogP contribution is 2.10. The van der Waals surface area contributed by atoms with Crippen molar-refractivity contribution in [3.8, 4) is 0 Å². The fourth-order valence-electron chi connectivity index (χ4n) is 2.64. The van der Waals surface area contributed by atoms with E-state index in [1.165, 1.54) is 5.56 Å². The van der Waals surface area contributed by atoms with E-state index in [2.05, 4.69) is 34.5 Å². The Bertz CT molecular complexity index is 358. The Balaban J connectivity index is 1.79. The maximum absolute atomic E-state index is 9.39. The summed E-state index contributed by atoms with van der Waals surface area (Å²) < 4.78 is 0. The van der Waals surface area contributed by atoms with Crippen LogP contribution in [0.1, 0.15) is 12.0 Å². The van der Waals surface area contributed by atoms with Crippen molar-refractivity contribution in [2.75, 3.05) is 32.8 Å². The third kappa shape index (κ3) is 4.28. The molecule has 1 aromatic carbocycles. The molecule has 2 atom stereocenters. The van der Waals surface area contributed by atoms with Gasteiger partial charge in [0, 0.05) is 25.2 Å². The first-order chi connectivity index (χ1) is 9.33. The first-order valence-corrected chi connectivity index (χ1v) is 7.06. The van der Waals surface area contributed by atoms with Crippen molar-refractivity contribution in [3.63, 3.8) is 0 Å². The summed E-state index contributed by atoms with van der Waals surface area (Å²) in [5.74, 6) is 0. The molecule has 4 heteroatoms. The van der Waals surface area contributed by atoms with Crippen molar-refractivity contribution in [2.24, 2.45) is 0 Å². The van der Waals surface area contributed by atoms with Crippen molar-refractivity contribution >= 4 is 0 Å². The highest BCUT2D eigenvalue weighted by molar-refractivity contribution is 5.14. The summed E-state index contributed by atoms with van der Waals surface area (Å²) in [6.07, 6.45) is 2.14. The number of hydrogen-bond donors (Lipinski definition) is 3. The second-order valence-corrected chi connectivity index (χ2v) is 5.21. The zero-order chi connectivity index (χ0) is 13.5. The topological polar surface area (TPSA) is 55.7 Å². The molecule has 0 saturated carbocycles. The molecule has 0 bridgehead atoms. The van der Waals surface area contributed by atoms with Gasteiger partial charge in [0.1, 0.15) is 0 Å². The molecule has 0 aromatic heterocycles. The first-order valence-electron chi connectivity index (χ1n) is 7.06. The molecule has 2 unspecified atom stereocenters. The average Bonchev–Trinajstić information content (AvgIpc) is 2.48. The smallest absolute Gasteiger partial charge is 0.0599 e. The number of hydrogen-bond acceptors (Lipinski definition) is 4. The molecular formula is C15H24N2O2. The molecule has 1 aliphatic rings. The molecule has 19 heavy (non-hydrogen) atoms. The third-order valence-corrected chi connectivity index (χ3v) is 3.80. The van der Waals surface area contributed by atoms with Gasteiger partial charge in [-0.3, -0.25) is 4.90 Å². The van der Waals surface area contributed by atoms with Gasteiger partial charge in [-0.05, 0) is 24.9 Å². The highest BCUT2D eigenvalue weighted by atomic mass is 16.3. The van der Waals surface area contributed by atoms with Gasteiger partial charge in [-0.2, -0.15) is 0 Å². The molecule has 0 amide bonds. The van der Waals surface area contributed by atoms with E-state index in [9.17, 15) is 10.2 Å². The number of piperazine rings is 1. The molecule has 4 nitrogen and oxygen atoms in total. The number of benzene rings is 1. The van der Waals surface area contributed by atoms with Crippen LogP contribution < -0.4 is 5.32 Å². The fraction of sp³-hybridized carbons (Fsp3) is 0.600. The van der Waals surface area contributed by atoms with Crippen LogP contribution in [0.3, 0.4) is 0 Å². The Morgan fingerprint density at radius 1 is 1.16 bits per heavy atom. The minimum atomic E-state index is 0.138. The van der Waals surface area contributed by atoms with E-state index in [0.29, 0.717) is 0 Å². The van der Waals surface area contributed by atoms with Gasteiger partial charge in [0.2, 0.25) is 0 Å². The third-order valence-electron chi connectivity index (χ3n) is 3.80. The molecule has 1 heterocycles. The molecular weight excluding hydrogens is 240 g/mol. The van der Waals surface area contributed by atoms with Crippen LogP contribution >= 0.6 is 0 Å². The molecule has 0 radical (unpaired) electrons. The molecule has 1 aromatic rings. The summed E-state index contributed by atoms with van der Waals surface area (Å²) >= 11 is 0. The number of rotatable bonds is 6. The van der Waals surface area contributed by atoms with Gasteiger partial charge in [0.25, 0.3) is 0 Å². The summed E-state index contributed by atoms with van der Waals surface area (Å²) in [7, 11) is 0. The largest absolute Gasteiger partial charge is 0.395 e. The molecule has 0 spiro atoms. The number of nitrogens with zero attached hydrogens (tertiary/aromatic N) is 1. The lowest BCUT2D eigenvalue weighted by Gasteiger charge is -2.39. The lowest BCUT2D eigenvalue weighted by molar-refractivity contribution is 0.0638. The van der Waals surface area contributed by atoms with Crippen molar-refractivity contribution in [2.45, 2.75) is 24.9 Å². The summed E-state index contributed by atoms with van der Waals surface area (Å²) in [4.78, 5) is 2.29. The Kier molecular flexibility index (Phi) is 5.79. The van der Waals surface area contributed by atoms with Crippen LogP contribution in [0.4, 0.5) is 0 Å². The Labute approximate surface area is 115 Å². The van der Waals surface area contributed by atoms with Gasteiger partial charge >= 0.3 is 0 Å². The van der Waals surface area contributed by atoms with Gasteiger partial charge < -0.3 is 15.5 Å². The van der Waals surface area contributed by atoms with Crippen molar-refractivity contribution in [1.29, 1.82) is 0 Å². The van der Waals surface area contributed by atoms with E-state index in [1.54, 1.807) is 0 Å². The van der Waals surface area contributed by atoms with E-state index in [1.807, 2.05) is 6.07 Å². The van der Waals surface area contributed by atoms with E-state index in [0.717, 1.165) is 32.5 Å². The number of aliphatic hydroxyl groups is 2. The standard InChI is InChI=1S/C15H24N2O2/c18-11-14-10-17(15(12-19)9-16-14)8-4-7-13-5-2-1-3-6-13/h1-3,5-6,14-16,18-19H,4,7-12H2. The second kappa shape index (κ2) is 7.60. The SMILES string of the molecule is OCC1CN(CCCc2ccccc2)C(CO)CN1. The lowest BCUT2D eigenvalue weighted by Crippen LogP contribution is -2.59. The quantitative estimate of drug-likeness (QED) is 0.689. The maximum Gasteiger partial charge on any atom is 0.0599 e. The minimum absolute atomic E-state index is 0.138. The fourth-order valence-corrected chi connectivity index (χ4v) is 2.64. The van der Waals surface area contributed by atoms with Crippen LogP contribution in [0.2, 0.25) is 0 Å². The van der Waals surface area contributed by atoms with Gasteiger partial charge in [0.15, 0.2) is 0 Å². The lowest BCUT2D eigenvalue weighted by atomic mass is 10.1. The summed E-state index contributed by atoms with van der Waals surface area (Å²) in [5, 5.41) is 21.9. The second-order valence-electron chi connectivity index (χ2n) is 5.21. The normalized spacial score (nSPS) is 24.5. The monoisotopic (exact) mass is 264 g/mol. The molecule has 3 N–H and O–H groups in total. The Morgan fingerprint density at radius 2 is 1.95 bits per heavy atom. The van der Waals surface area contributed by atoms with E-state index < -0.39 is 0 Å².